The summed E-state index contributed by atoms with van der Waals surface area (Å²) in [5.41, 5.74) is 0. The summed E-state index contributed by atoms with van der Waals surface area (Å²) in [6.45, 7) is 0. The predicted octanol–water partition coefficient (Wildman–Crippen LogP) is 0.171. The smallest absolute Gasteiger partial charge is 0.219 e. The van der Waals surface area contributed by atoms with Crippen LogP contribution in [0.2, 0.25) is 0 Å². The van der Waals surface area contributed by atoms with E-state index in [4.69, 9.17) is 0 Å². The van der Waals surface area contributed by atoms with Gasteiger partial charge in [0.15, 0.2) is 0 Å². The van der Waals surface area contributed by atoms with Gasteiger partial charge in [0.25, 0.3) is 5.95 Å². The summed E-state index contributed by atoms with van der Waals surface area (Å²) >= 11 is 0. The van der Waals surface area contributed by atoms with Crippen LogP contribution in [0.1, 0.15) is 0 Å². The Morgan fingerprint density at radius 1 is 1.30 bits per heavy atom. The highest BCUT2D eigenvalue weighted by Crippen LogP contribution is 1.96. The molecule has 0 saturated heterocycles. The molecule has 5 nitrogen and oxygen atoms in total. The van der Waals surface area contributed by atoms with Gasteiger partial charge in [0.05, 0.1) is 0 Å². The zero-order valence-electron chi connectivity index (χ0n) is 4.80. The number of nitrogens with zero attached hydrogens (tertiary/aromatic N) is 3. The van der Waals surface area contributed by atoms with Crippen LogP contribution in [-0.4, -0.2) is 18.4 Å². The summed E-state index contributed by atoms with van der Waals surface area (Å²) in [5.74, 6) is -0.0455. The normalized spacial score (nSPS) is 8.80. The van der Waals surface area contributed by atoms with Crippen LogP contribution in [0.25, 0.3) is 0 Å². The highest BCUT2D eigenvalue weighted by Gasteiger charge is 1.86. The lowest BCUT2D eigenvalue weighted by atomic mass is 10.7. The quantitative estimate of drug-likeness (QED) is 0.582. The molecule has 0 aliphatic carbocycles. The van der Waals surface area contributed by atoms with Gasteiger partial charge in [0, 0.05) is 12.4 Å². The molecule has 1 rings (SSSR count). The Hall–Kier alpha value is -1.30. The first kappa shape index (κ1) is 6.81. The van der Waals surface area contributed by atoms with Gasteiger partial charge in [0.2, 0.25) is 0 Å². The maximum absolute atomic E-state index is 9.92. The first-order valence-corrected chi connectivity index (χ1v) is 3.40. The highest BCUT2D eigenvalue weighted by molar-refractivity contribution is 7.61. The SMILES string of the molecule is O=S(=O)=Nc1ncccn1. The van der Waals surface area contributed by atoms with E-state index >= 15 is 0 Å². The molecule has 0 bridgehead atoms. The van der Waals surface area contributed by atoms with Crippen molar-refractivity contribution in [3.8, 4) is 0 Å². The fraction of sp³-hybridized carbons (Fsp3) is 0. The molecule has 0 fully saturated rings. The predicted molar refractivity (Wildman–Crippen MR) is 33.0 cm³/mol. The average Bonchev–Trinajstić information content (AvgIpc) is 1.88. The molecule has 10 heavy (non-hydrogen) atoms. The minimum absolute atomic E-state index is 0.0455. The largest absolute Gasteiger partial charge is 0.319 e. The number of hydrogen-bond acceptors (Lipinski definition) is 5. The van der Waals surface area contributed by atoms with Gasteiger partial charge < -0.3 is 0 Å². The molecule has 0 unspecified atom stereocenters. The molecular formula is C4H3N3O2S. The van der Waals surface area contributed by atoms with Crippen LogP contribution < -0.4 is 0 Å². The first-order chi connectivity index (χ1) is 4.79. The summed E-state index contributed by atoms with van der Waals surface area (Å²) in [6.07, 6.45) is 2.83. The highest BCUT2D eigenvalue weighted by atomic mass is 32.2. The Balaban J connectivity index is 3.10. The second-order valence-electron chi connectivity index (χ2n) is 1.36. The molecule has 52 valence electrons. The van der Waals surface area contributed by atoms with E-state index in [2.05, 4.69) is 14.3 Å². The summed E-state index contributed by atoms with van der Waals surface area (Å²) in [6, 6.07) is 1.58. The van der Waals surface area contributed by atoms with Crippen molar-refractivity contribution >= 4 is 16.4 Å². The van der Waals surface area contributed by atoms with Gasteiger partial charge in [-0.3, -0.25) is 0 Å². The van der Waals surface area contributed by atoms with Crippen LogP contribution in [-0.2, 0) is 10.5 Å². The van der Waals surface area contributed by atoms with Crippen LogP contribution in [0.4, 0.5) is 5.95 Å². The van der Waals surface area contributed by atoms with E-state index in [0.717, 1.165) is 0 Å². The van der Waals surface area contributed by atoms with Gasteiger partial charge in [0.1, 0.15) is 0 Å². The minimum Gasteiger partial charge on any atom is -0.219 e. The van der Waals surface area contributed by atoms with E-state index in [9.17, 15) is 8.42 Å². The maximum Gasteiger partial charge on any atom is 0.319 e. The van der Waals surface area contributed by atoms with Gasteiger partial charge in [-0.05, 0) is 6.07 Å². The summed E-state index contributed by atoms with van der Waals surface area (Å²) in [4.78, 5) is 7.10. The van der Waals surface area contributed by atoms with E-state index in [1.165, 1.54) is 12.4 Å². The number of aromatic nitrogens is 2. The van der Waals surface area contributed by atoms with Crippen LogP contribution >= 0.6 is 0 Å². The summed E-state index contributed by atoms with van der Waals surface area (Å²) in [7, 11) is -2.47. The zero-order valence-corrected chi connectivity index (χ0v) is 5.61. The molecule has 0 N–H and O–H groups in total. The molecule has 0 amide bonds. The Morgan fingerprint density at radius 3 is 2.40 bits per heavy atom. The minimum atomic E-state index is -2.47. The first-order valence-electron chi connectivity index (χ1n) is 2.37. The molecular weight excluding hydrogens is 154 g/mol. The van der Waals surface area contributed by atoms with Gasteiger partial charge >= 0.3 is 10.5 Å². The lowest BCUT2D eigenvalue weighted by Crippen LogP contribution is -1.75. The van der Waals surface area contributed by atoms with E-state index < -0.39 is 10.5 Å². The standard InChI is InChI=1S/C4H3N3O2S/c8-10(9)7-4-5-2-1-3-6-4/h1-3H. The van der Waals surface area contributed by atoms with E-state index in [-0.39, 0.29) is 5.95 Å². The molecule has 0 radical (unpaired) electrons. The van der Waals surface area contributed by atoms with Crippen LogP contribution in [0, 0.1) is 0 Å². The molecule has 0 aliphatic rings. The fourth-order valence-corrected chi connectivity index (χ4v) is 0.633. The van der Waals surface area contributed by atoms with Crippen molar-refractivity contribution in [2.24, 2.45) is 4.36 Å². The van der Waals surface area contributed by atoms with Crippen molar-refractivity contribution in [2.75, 3.05) is 0 Å². The Bertz CT molecular complexity index is 323. The lowest BCUT2D eigenvalue weighted by Gasteiger charge is -1.81. The van der Waals surface area contributed by atoms with Gasteiger partial charge in [-0.1, -0.05) is 4.36 Å². The van der Waals surface area contributed by atoms with Crippen LogP contribution in [0.5, 0.6) is 0 Å². The average molecular weight is 157 g/mol. The van der Waals surface area contributed by atoms with Crippen molar-refractivity contribution in [1.29, 1.82) is 0 Å². The molecule has 0 spiro atoms. The summed E-state index contributed by atoms with van der Waals surface area (Å²) < 4.78 is 22.9. The molecule has 0 aromatic carbocycles. The molecule has 1 aromatic heterocycles. The number of rotatable bonds is 1. The third-order valence-corrected chi connectivity index (χ3v) is 1.02. The van der Waals surface area contributed by atoms with E-state index in [1.54, 1.807) is 6.07 Å². The maximum atomic E-state index is 9.92. The third kappa shape index (κ3) is 1.90. The molecule has 0 saturated carbocycles. The van der Waals surface area contributed by atoms with Crippen molar-refractivity contribution < 1.29 is 8.42 Å². The topological polar surface area (TPSA) is 72.3 Å². The second kappa shape index (κ2) is 3.02. The molecule has 0 atom stereocenters. The van der Waals surface area contributed by atoms with Crippen LogP contribution in [0.15, 0.2) is 22.8 Å². The molecule has 1 heterocycles. The van der Waals surface area contributed by atoms with E-state index in [0.29, 0.717) is 0 Å². The van der Waals surface area contributed by atoms with Crippen molar-refractivity contribution in [1.82, 2.24) is 9.97 Å². The lowest BCUT2D eigenvalue weighted by molar-refractivity contribution is 0.622. The summed E-state index contributed by atoms with van der Waals surface area (Å²) in [5, 5.41) is 0. The second-order valence-corrected chi connectivity index (χ2v) is 1.97. The van der Waals surface area contributed by atoms with Gasteiger partial charge in [-0.2, -0.15) is 8.42 Å². The van der Waals surface area contributed by atoms with Gasteiger partial charge in [-0.15, -0.1) is 0 Å². The van der Waals surface area contributed by atoms with Crippen molar-refractivity contribution in [3.63, 3.8) is 0 Å². The Labute approximate surface area is 58.5 Å². The van der Waals surface area contributed by atoms with Crippen molar-refractivity contribution in [3.05, 3.63) is 18.5 Å². The molecule has 1 aromatic rings. The van der Waals surface area contributed by atoms with Crippen LogP contribution in [0.3, 0.4) is 0 Å². The molecule has 6 heteroatoms. The molecule has 0 aliphatic heterocycles. The Morgan fingerprint density at radius 2 is 1.90 bits per heavy atom. The van der Waals surface area contributed by atoms with Gasteiger partial charge in [-0.25, -0.2) is 9.97 Å². The van der Waals surface area contributed by atoms with E-state index in [1.807, 2.05) is 0 Å². The monoisotopic (exact) mass is 157 g/mol. The third-order valence-electron chi connectivity index (χ3n) is 0.708. The zero-order chi connectivity index (χ0) is 7.40. The Kier molecular flexibility index (Phi) is 2.06. The number of hydrogen-bond donors (Lipinski definition) is 0. The fourth-order valence-electron chi connectivity index (χ4n) is 0.405. The van der Waals surface area contributed by atoms with Crippen molar-refractivity contribution in [2.45, 2.75) is 0 Å².